The Morgan fingerprint density at radius 1 is 1.00 bits per heavy atom. The summed E-state index contributed by atoms with van der Waals surface area (Å²) in [6.07, 6.45) is 2.26. The van der Waals surface area contributed by atoms with Crippen molar-refractivity contribution in [1.29, 1.82) is 0 Å². The van der Waals surface area contributed by atoms with Crippen LogP contribution in [0.5, 0.6) is 0 Å². The molecule has 0 bridgehead atoms. The van der Waals surface area contributed by atoms with Gasteiger partial charge in [-0.2, -0.15) is 5.10 Å². The molecule has 156 valence electrons. The molecular formula is C24H29N5O. The second kappa shape index (κ2) is 9.67. The smallest absolute Gasteiger partial charge is 0.227 e. The summed E-state index contributed by atoms with van der Waals surface area (Å²) < 4.78 is 0. The number of nitrogens with one attached hydrogen (secondary N) is 1. The van der Waals surface area contributed by atoms with Gasteiger partial charge in [-0.25, -0.2) is 4.98 Å². The Morgan fingerprint density at radius 2 is 1.70 bits per heavy atom. The molecule has 1 saturated heterocycles. The topological polar surface area (TPSA) is 65.1 Å². The molecule has 2 aromatic carbocycles. The quantitative estimate of drug-likeness (QED) is 0.687. The molecule has 1 unspecified atom stereocenters. The fraction of sp³-hybridized carbons (Fsp3) is 0.375. The lowest BCUT2D eigenvalue weighted by atomic mass is 10.1. The van der Waals surface area contributed by atoms with E-state index in [4.69, 9.17) is 0 Å². The molecule has 2 heterocycles. The van der Waals surface area contributed by atoms with E-state index in [2.05, 4.69) is 44.3 Å². The van der Waals surface area contributed by atoms with Crippen molar-refractivity contribution in [3.63, 3.8) is 0 Å². The van der Waals surface area contributed by atoms with Crippen molar-refractivity contribution in [3.8, 4) is 0 Å². The number of nitrogens with zero attached hydrogens (tertiary/aromatic N) is 4. The van der Waals surface area contributed by atoms with E-state index in [-0.39, 0.29) is 11.9 Å². The third-order valence-electron chi connectivity index (χ3n) is 5.76. The van der Waals surface area contributed by atoms with Gasteiger partial charge in [0.15, 0.2) is 5.82 Å². The maximum absolute atomic E-state index is 12.9. The van der Waals surface area contributed by atoms with Crippen LogP contribution in [-0.4, -0.2) is 57.1 Å². The van der Waals surface area contributed by atoms with Crippen LogP contribution in [0.25, 0.3) is 0 Å². The largest absolute Gasteiger partial charge is 0.341 e. The highest BCUT2D eigenvalue weighted by atomic mass is 16.2. The Bertz CT molecular complexity index is 940. The van der Waals surface area contributed by atoms with Gasteiger partial charge < -0.3 is 4.90 Å². The fourth-order valence-electron chi connectivity index (χ4n) is 4.10. The molecule has 1 atom stereocenters. The van der Waals surface area contributed by atoms with E-state index >= 15 is 0 Å². The third kappa shape index (κ3) is 5.13. The van der Waals surface area contributed by atoms with Gasteiger partial charge in [-0.3, -0.25) is 14.8 Å². The van der Waals surface area contributed by atoms with E-state index in [1.807, 2.05) is 48.2 Å². The second-order valence-corrected chi connectivity index (χ2v) is 7.90. The van der Waals surface area contributed by atoms with Crippen LogP contribution >= 0.6 is 0 Å². The average molecular weight is 404 g/mol. The monoisotopic (exact) mass is 403 g/mol. The first kappa shape index (κ1) is 20.3. The standard InChI is InChI=1S/C24H29N5O/c1-19-25-24(27-26-19)22-13-15-29(23(30)18-21-10-6-3-7-11-21)17-16-28(22)14-12-20-8-4-2-5-9-20/h2-11,22H,12-18H2,1H3,(H,25,26,27). The zero-order chi connectivity index (χ0) is 20.8. The number of hydrogen-bond donors (Lipinski definition) is 1. The molecule has 6 heteroatoms. The highest BCUT2D eigenvalue weighted by Crippen LogP contribution is 2.25. The van der Waals surface area contributed by atoms with Gasteiger partial charge in [-0.15, -0.1) is 0 Å². The molecule has 30 heavy (non-hydrogen) atoms. The minimum absolute atomic E-state index is 0.119. The lowest BCUT2D eigenvalue weighted by Crippen LogP contribution is -2.37. The van der Waals surface area contributed by atoms with E-state index in [0.29, 0.717) is 6.42 Å². The Balaban J connectivity index is 1.46. The zero-order valence-electron chi connectivity index (χ0n) is 17.5. The van der Waals surface area contributed by atoms with Crippen LogP contribution in [0.15, 0.2) is 60.7 Å². The Labute approximate surface area is 177 Å². The second-order valence-electron chi connectivity index (χ2n) is 7.90. The first-order valence-electron chi connectivity index (χ1n) is 10.7. The van der Waals surface area contributed by atoms with Crippen molar-refractivity contribution in [2.75, 3.05) is 26.2 Å². The van der Waals surface area contributed by atoms with Gasteiger partial charge in [-0.05, 0) is 30.9 Å². The first-order valence-corrected chi connectivity index (χ1v) is 10.7. The van der Waals surface area contributed by atoms with E-state index in [0.717, 1.165) is 56.2 Å². The van der Waals surface area contributed by atoms with Crippen molar-refractivity contribution in [1.82, 2.24) is 25.0 Å². The molecule has 1 aliphatic heterocycles. The number of aromatic amines is 1. The molecule has 3 aromatic rings. The molecule has 6 nitrogen and oxygen atoms in total. The number of hydrogen-bond acceptors (Lipinski definition) is 4. The van der Waals surface area contributed by atoms with Crippen molar-refractivity contribution in [3.05, 3.63) is 83.4 Å². The van der Waals surface area contributed by atoms with Crippen LogP contribution in [-0.2, 0) is 17.6 Å². The molecule has 0 radical (unpaired) electrons. The minimum Gasteiger partial charge on any atom is -0.341 e. The van der Waals surface area contributed by atoms with Crippen LogP contribution in [0.2, 0.25) is 0 Å². The Morgan fingerprint density at radius 3 is 2.37 bits per heavy atom. The van der Waals surface area contributed by atoms with Crippen molar-refractivity contribution >= 4 is 5.91 Å². The number of aryl methyl sites for hydroxylation is 1. The van der Waals surface area contributed by atoms with Crippen molar-refractivity contribution < 1.29 is 4.79 Å². The van der Waals surface area contributed by atoms with Gasteiger partial charge in [0.2, 0.25) is 5.91 Å². The predicted molar refractivity (Wildman–Crippen MR) is 117 cm³/mol. The van der Waals surface area contributed by atoms with Crippen LogP contribution in [0, 0.1) is 6.92 Å². The SMILES string of the molecule is Cc1nc(C2CCN(C(=O)Cc3ccccc3)CCN2CCc2ccccc2)n[nH]1. The normalized spacial score (nSPS) is 17.6. The summed E-state index contributed by atoms with van der Waals surface area (Å²) in [5.74, 6) is 1.85. The van der Waals surface area contributed by atoms with Gasteiger partial charge in [-0.1, -0.05) is 60.7 Å². The number of carbonyl (C=O) groups is 1. The van der Waals surface area contributed by atoms with Gasteiger partial charge in [0.25, 0.3) is 0 Å². The highest BCUT2D eigenvalue weighted by molar-refractivity contribution is 5.78. The molecule has 1 fully saturated rings. The molecule has 0 spiro atoms. The third-order valence-corrected chi connectivity index (χ3v) is 5.76. The number of aromatic nitrogens is 3. The molecule has 4 rings (SSSR count). The summed E-state index contributed by atoms with van der Waals surface area (Å²) in [5.41, 5.74) is 2.39. The van der Waals surface area contributed by atoms with E-state index < -0.39 is 0 Å². The number of carbonyl (C=O) groups excluding carboxylic acids is 1. The Kier molecular flexibility index (Phi) is 6.54. The molecular weight excluding hydrogens is 374 g/mol. The number of rotatable bonds is 6. The molecule has 1 aromatic heterocycles. The fourth-order valence-corrected chi connectivity index (χ4v) is 4.10. The summed E-state index contributed by atoms with van der Waals surface area (Å²) in [7, 11) is 0. The highest BCUT2D eigenvalue weighted by Gasteiger charge is 2.29. The summed E-state index contributed by atoms with van der Waals surface area (Å²) in [6, 6.07) is 20.6. The zero-order valence-corrected chi connectivity index (χ0v) is 17.5. The number of amides is 1. The minimum atomic E-state index is 0.119. The first-order chi connectivity index (χ1) is 14.7. The molecule has 1 amide bonds. The average Bonchev–Trinajstić information content (AvgIpc) is 3.08. The molecule has 0 saturated carbocycles. The van der Waals surface area contributed by atoms with Crippen molar-refractivity contribution in [2.45, 2.75) is 32.2 Å². The maximum Gasteiger partial charge on any atom is 0.227 e. The summed E-state index contributed by atoms with van der Waals surface area (Å²) in [5, 5.41) is 7.42. The summed E-state index contributed by atoms with van der Waals surface area (Å²) >= 11 is 0. The van der Waals surface area contributed by atoms with E-state index in [1.165, 1.54) is 5.56 Å². The van der Waals surface area contributed by atoms with E-state index in [1.54, 1.807) is 0 Å². The summed E-state index contributed by atoms with van der Waals surface area (Å²) in [6.45, 7) is 5.14. The number of benzene rings is 2. The van der Waals surface area contributed by atoms with Crippen LogP contribution in [0.1, 0.15) is 35.2 Å². The van der Waals surface area contributed by atoms with Gasteiger partial charge in [0.1, 0.15) is 5.82 Å². The number of H-pyrrole nitrogens is 1. The maximum atomic E-state index is 12.9. The molecule has 1 aliphatic rings. The Hall–Kier alpha value is -2.99. The van der Waals surface area contributed by atoms with Crippen LogP contribution < -0.4 is 0 Å². The van der Waals surface area contributed by atoms with Crippen LogP contribution in [0.4, 0.5) is 0 Å². The molecule has 0 aliphatic carbocycles. The predicted octanol–water partition coefficient (Wildman–Crippen LogP) is 3.17. The van der Waals surface area contributed by atoms with Gasteiger partial charge >= 0.3 is 0 Å². The van der Waals surface area contributed by atoms with E-state index in [9.17, 15) is 4.79 Å². The van der Waals surface area contributed by atoms with Gasteiger partial charge in [0, 0.05) is 26.2 Å². The lowest BCUT2D eigenvalue weighted by molar-refractivity contribution is -0.130. The van der Waals surface area contributed by atoms with Gasteiger partial charge in [0.05, 0.1) is 12.5 Å². The summed E-state index contributed by atoms with van der Waals surface area (Å²) in [4.78, 5) is 22.0. The molecule has 1 N–H and O–H groups in total. The van der Waals surface area contributed by atoms with Crippen molar-refractivity contribution in [2.24, 2.45) is 0 Å². The lowest BCUT2D eigenvalue weighted by Gasteiger charge is -2.27. The van der Waals surface area contributed by atoms with Crippen LogP contribution in [0.3, 0.4) is 0 Å².